The molecule has 1 fully saturated rings. The van der Waals surface area contributed by atoms with Crippen LogP contribution < -0.4 is 0 Å². The van der Waals surface area contributed by atoms with Gasteiger partial charge in [-0.1, -0.05) is 0 Å². The van der Waals surface area contributed by atoms with Gasteiger partial charge in [-0.2, -0.15) is 11.8 Å². The van der Waals surface area contributed by atoms with Crippen LogP contribution >= 0.6 is 11.8 Å². The van der Waals surface area contributed by atoms with E-state index in [9.17, 15) is 4.79 Å². The summed E-state index contributed by atoms with van der Waals surface area (Å²) in [6.07, 6.45) is 7.43. The highest BCUT2D eigenvalue weighted by molar-refractivity contribution is 7.98. The summed E-state index contributed by atoms with van der Waals surface area (Å²) in [7, 11) is 1.47. The molecule has 1 aliphatic rings. The molecule has 0 N–H and O–H groups in total. The van der Waals surface area contributed by atoms with Crippen LogP contribution in [0, 0.1) is 5.92 Å². The van der Waals surface area contributed by atoms with E-state index < -0.39 is 0 Å². The van der Waals surface area contributed by atoms with E-state index in [4.69, 9.17) is 9.47 Å². The van der Waals surface area contributed by atoms with Gasteiger partial charge in [0.25, 0.3) is 0 Å². The van der Waals surface area contributed by atoms with Gasteiger partial charge in [-0.25, -0.2) is 0 Å². The van der Waals surface area contributed by atoms with Crippen LogP contribution in [0.3, 0.4) is 0 Å². The van der Waals surface area contributed by atoms with Gasteiger partial charge < -0.3 is 9.47 Å². The van der Waals surface area contributed by atoms with Crippen molar-refractivity contribution < 1.29 is 14.3 Å². The lowest BCUT2D eigenvalue weighted by Gasteiger charge is -2.26. The number of thioether (sulfide) groups is 1. The number of rotatable bonds is 6. The molecule has 1 rings (SSSR count). The van der Waals surface area contributed by atoms with Crippen molar-refractivity contribution in [2.24, 2.45) is 5.92 Å². The minimum Gasteiger partial charge on any atom is -0.469 e. The summed E-state index contributed by atoms with van der Waals surface area (Å²) in [4.78, 5) is 11.3. The van der Waals surface area contributed by atoms with Gasteiger partial charge in [0.2, 0.25) is 0 Å². The second-order valence-corrected chi connectivity index (χ2v) is 5.20. The zero-order chi connectivity index (χ0) is 11.8. The molecular formula is C12H22O3S. The first-order valence-corrected chi connectivity index (χ1v) is 7.35. The molecule has 0 saturated heterocycles. The van der Waals surface area contributed by atoms with E-state index in [1.807, 2.05) is 11.8 Å². The molecule has 3 nitrogen and oxygen atoms in total. The lowest BCUT2D eigenvalue weighted by Crippen LogP contribution is -2.27. The molecule has 0 atom stereocenters. The Morgan fingerprint density at radius 2 is 2.00 bits per heavy atom. The number of esters is 1. The van der Waals surface area contributed by atoms with Crippen molar-refractivity contribution in [2.45, 2.75) is 38.2 Å². The Morgan fingerprint density at radius 1 is 1.31 bits per heavy atom. The van der Waals surface area contributed by atoms with Crippen LogP contribution in [-0.2, 0) is 14.3 Å². The first-order valence-electron chi connectivity index (χ1n) is 5.96. The Labute approximate surface area is 102 Å². The van der Waals surface area contributed by atoms with Crippen molar-refractivity contribution in [3.63, 3.8) is 0 Å². The van der Waals surface area contributed by atoms with Gasteiger partial charge in [-0.05, 0) is 44.1 Å². The van der Waals surface area contributed by atoms with Crippen LogP contribution in [0.25, 0.3) is 0 Å². The predicted octanol–water partition coefficient (Wildman–Crippen LogP) is 2.49. The molecule has 0 aromatic rings. The zero-order valence-corrected chi connectivity index (χ0v) is 11.1. The van der Waals surface area contributed by atoms with E-state index in [2.05, 4.69) is 6.26 Å². The predicted molar refractivity (Wildman–Crippen MR) is 66.7 cm³/mol. The summed E-state index contributed by atoms with van der Waals surface area (Å²) in [5, 5.41) is 0. The number of hydrogen-bond donors (Lipinski definition) is 0. The molecule has 94 valence electrons. The highest BCUT2D eigenvalue weighted by Gasteiger charge is 2.26. The van der Waals surface area contributed by atoms with E-state index in [0.29, 0.717) is 6.10 Å². The molecule has 0 bridgehead atoms. The van der Waals surface area contributed by atoms with Crippen LogP contribution in [-0.4, -0.2) is 37.8 Å². The smallest absolute Gasteiger partial charge is 0.308 e. The van der Waals surface area contributed by atoms with Crippen molar-refractivity contribution in [3.05, 3.63) is 0 Å². The summed E-state index contributed by atoms with van der Waals surface area (Å²) in [6.45, 7) is 0.856. The van der Waals surface area contributed by atoms with Gasteiger partial charge >= 0.3 is 5.97 Å². The number of ether oxygens (including phenoxy) is 2. The average molecular weight is 246 g/mol. The van der Waals surface area contributed by atoms with Crippen LogP contribution in [0.15, 0.2) is 0 Å². The number of carbonyl (C=O) groups is 1. The summed E-state index contributed by atoms with van der Waals surface area (Å²) in [5.74, 6) is 1.22. The molecule has 4 heteroatoms. The van der Waals surface area contributed by atoms with Gasteiger partial charge in [0.1, 0.15) is 0 Å². The Hall–Kier alpha value is -0.220. The second-order valence-electron chi connectivity index (χ2n) is 4.21. The molecule has 0 aliphatic heterocycles. The van der Waals surface area contributed by atoms with Crippen LogP contribution in [0.5, 0.6) is 0 Å². The monoisotopic (exact) mass is 246 g/mol. The topological polar surface area (TPSA) is 35.5 Å². The Balaban J connectivity index is 2.10. The maximum atomic E-state index is 11.3. The third-order valence-electron chi connectivity index (χ3n) is 3.06. The highest BCUT2D eigenvalue weighted by atomic mass is 32.2. The fraction of sp³-hybridized carbons (Fsp3) is 0.917. The molecule has 16 heavy (non-hydrogen) atoms. The second kappa shape index (κ2) is 7.96. The molecular weight excluding hydrogens is 224 g/mol. The normalized spacial score (nSPS) is 25.4. The number of hydrogen-bond acceptors (Lipinski definition) is 4. The van der Waals surface area contributed by atoms with Gasteiger partial charge in [-0.15, -0.1) is 0 Å². The van der Waals surface area contributed by atoms with E-state index >= 15 is 0 Å². The van der Waals surface area contributed by atoms with Crippen molar-refractivity contribution in [3.8, 4) is 0 Å². The molecule has 0 aromatic carbocycles. The minimum atomic E-state index is -0.0548. The lowest BCUT2D eigenvalue weighted by atomic mass is 9.87. The minimum absolute atomic E-state index is 0.0548. The molecule has 0 radical (unpaired) electrons. The summed E-state index contributed by atoms with van der Waals surface area (Å²) < 4.78 is 10.5. The van der Waals surface area contributed by atoms with Crippen LogP contribution in [0.4, 0.5) is 0 Å². The van der Waals surface area contributed by atoms with Gasteiger partial charge in [0, 0.05) is 6.61 Å². The van der Waals surface area contributed by atoms with E-state index in [1.165, 1.54) is 7.11 Å². The summed E-state index contributed by atoms with van der Waals surface area (Å²) in [5.41, 5.74) is 0. The number of methoxy groups -OCH3 is 1. The van der Waals surface area contributed by atoms with Crippen molar-refractivity contribution >= 4 is 17.7 Å². The van der Waals surface area contributed by atoms with E-state index in [1.54, 1.807) is 0 Å². The third-order valence-corrected chi connectivity index (χ3v) is 3.75. The highest BCUT2D eigenvalue weighted by Crippen LogP contribution is 2.27. The summed E-state index contributed by atoms with van der Waals surface area (Å²) >= 11 is 1.85. The van der Waals surface area contributed by atoms with Gasteiger partial charge in [0.15, 0.2) is 0 Å². The van der Waals surface area contributed by atoms with Crippen molar-refractivity contribution in [1.29, 1.82) is 0 Å². The fourth-order valence-electron chi connectivity index (χ4n) is 2.09. The summed E-state index contributed by atoms with van der Waals surface area (Å²) in [6, 6.07) is 0. The third kappa shape index (κ3) is 4.74. The SMILES string of the molecule is COC(=O)C1CCC(OCCCSC)CC1. The molecule has 0 heterocycles. The molecule has 0 amide bonds. The van der Waals surface area contributed by atoms with E-state index in [-0.39, 0.29) is 11.9 Å². The Kier molecular flexibility index (Phi) is 6.88. The van der Waals surface area contributed by atoms with Crippen molar-refractivity contribution in [2.75, 3.05) is 25.7 Å². The molecule has 0 unspecified atom stereocenters. The van der Waals surface area contributed by atoms with Crippen LogP contribution in [0.1, 0.15) is 32.1 Å². The number of carbonyl (C=O) groups excluding carboxylic acids is 1. The van der Waals surface area contributed by atoms with E-state index in [0.717, 1.165) is 44.5 Å². The Bertz CT molecular complexity index is 200. The van der Waals surface area contributed by atoms with Gasteiger partial charge in [-0.3, -0.25) is 4.79 Å². The maximum absolute atomic E-state index is 11.3. The zero-order valence-electron chi connectivity index (χ0n) is 10.2. The first-order chi connectivity index (χ1) is 7.77. The van der Waals surface area contributed by atoms with Crippen molar-refractivity contribution in [1.82, 2.24) is 0 Å². The lowest BCUT2D eigenvalue weighted by molar-refractivity contribution is -0.147. The van der Waals surface area contributed by atoms with Crippen LogP contribution in [0.2, 0.25) is 0 Å². The first kappa shape index (κ1) is 13.8. The molecule has 1 aliphatic carbocycles. The molecule has 0 aromatic heterocycles. The Morgan fingerprint density at radius 3 is 2.56 bits per heavy atom. The van der Waals surface area contributed by atoms with Gasteiger partial charge in [0.05, 0.1) is 19.1 Å². The standard InChI is InChI=1S/C12H22O3S/c1-14-12(13)10-4-6-11(7-5-10)15-8-3-9-16-2/h10-11H,3-9H2,1-2H3. The average Bonchev–Trinajstić information content (AvgIpc) is 2.34. The largest absolute Gasteiger partial charge is 0.469 e. The molecule has 1 saturated carbocycles. The molecule has 0 spiro atoms. The quantitative estimate of drug-likeness (QED) is 0.533. The maximum Gasteiger partial charge on any atom is 0.308 e. The fourth-order valence-corrected chi connectivity index (χ4v) is 2.49.